The minimum Gasteiger partial charge on any atom is -0.383 e. The maximum absolute atomic E-state index is 12.6. The Balaban J connectivity index is 1.99. The molecule has 2 rings (SSSR count). The highest BCUT2D eigenvalue weighted by atomic mass is 16.5. The molecular weight excluding hydrogens is 228 g/mol. The van der Waals surface area contributed by atoms with Crippen LogP contribution in [0.15, 0.2) is 12.2 Å². The fraction of sp³-hybridized carbons (Fsp3) is 0.786. The van der Waals surface area contributed by atoms with Crippen LogP contribution < -0.4 is 5.32 Å². The monoisotopic (exact) mass is 252 g/mol. The predicted molar refractivity (Wildman–Crippen MR) is 71.3 cm³/mol. The molecule has 0 radical (unpaired) electrons. The minimum absolute atomic E-state index is 0.183. The van der Waals surface area contributed by atoms with Gasteiger partial charge in [-0.1, -0.05) is 12.2 Å². The van der Waals surface area contributed by atoms with E-state index in [1.165, 1.54) is 0 Å². The van der Waals surface area contributed by atoms with Crippen molar-refractivity contribution >= 4 is 5.91 Å². The number of rotatable bonds is 4. The number of methoxy groups -OCH3 is 1. The van der Waals surface area contributed by atoms with Gasteiger partial charge in [-0.3, -0.25) is 4.79 Å². The van der Waals surface area contributed by atoms with E-state index in [-0.39, 0.29) is 5.92 Å². The number of nitrogens with zero attached hydrogens (tertiary/aromatic N) is 1. The Morgan fingerprint density at radius 3 is 2.89 bits per heavy atom. The summed E-state index contributed by atoms with van der Waals surface area (Å²) in [6.45, 7) is 4.18. The van der Waals surface area contributed by atoms with Crippen molar-refractivity contribution in [2.24, 2.45) is 11.8 Å². The molecule has 102 valence electrons. The summed E-state index contributed by atoms with van der Waals surface area (Å²) in [5, 5.41) is 3.37. The average molecular weight is 252 g/mol. The summed E-state index contributed by atoms with van der Waals surface area (Å²) in [6, 6.07) is 0. The molecule has 0 aromatic carbocycles. The van der Waals surface area contributed by atoms with Crippen LogP contribution in [0.4, 0.5) is 0 Å². The molecule has 18 heavy (non-hydrogen) atoms. The lowest BCUT2D eigenvalue weighted by molar-refractivity contribution is -0.137. The van der Waals surface area contributed by atoms with Crippen LogP contribution in [0.5, 0.6) is 0 Å². The Hall–Kier alpha value is -0.870. The third-order valence-electron chi connectivity index (χ3n) is 4.03. The van der Waals surface area contributed by atoms with E-state index in [0.29, 0.717) is 25.0 Å². The van der Waals surface area contributed by atoms with Crippen LogP contribution in [0.2, 0.25) is 0 Å². The molecule has 1 amide bonds. The predicted octanol–water partition coefficient (Wildman–Crippen LogP) is 1.04. The van der Waals surface area contributed by atoms with Gasteiger partial charge >= 0.3 is 0 Å². The summed E-state index contributed by atoms with van der Waals surface area (Å²) in [6.07, 6.45) is 7.46. The highest BCUT2D eigenvalue weighted by Crippen LogP contribution is 2.28. The van der Waals surface area contributed by atoms with Gasteiger partial charge in [0.05, 0.1) is 6.61 Å². The van der Waals surface area contributed by atoms with Gasteiger partial charge < -0.3 is 15.0 Å². The van der Waals surface area contributed by atoms with Gasteiger partial charge in [-0.05, 0) is 38.3 Å². The quantitative estimate of drug-likeness (QED) is 0.760. The molecule has 1 fully saturated rings. The number of amides is 1. The molecule has 1 unspecified atom stereocenters. The van der Waals surface area contributed by atoms with E-state index in [2.05, 4.69) is 17.5 Å². The van der Waals surface area contributed by atoms with Crippen LogP contribution in [0.3, 0.4) is 0 Å². The van der Waals surface area contributed by atoms with Gasteiger partial charge in [-0.15, -0.1) is 0 Å². The number of carbonyl (C=O) groups excluding carboxylic acids is 1. The standard InChI is InChI=1S/C14H24N2O2/c1-18-11-10-16-9-3-2-4-13(14(16)17)12-5-7-15-8-6-12/h2-3,12-13,15H,4-11H2,1H3. The first-order valence-electron chi connectivity index (χ1n) is 6.96. The molecule has 2 aliphatic heterocycles. The molecule has 2 aliphatic rings. The fourth-order valence-corrected chi connectivity index (χ4v) is 2.91. The van der Waals surface area contributed by atoms with Gasteiger partial charge in [0.1, 0.15) is 0 Å². The first-order valence-corrected chi connectivity index (χ1v) is 6.96. The molecule has 0 bridgehead atoms. The molecule has 1 saturated heterocycles. The first kappa shape index (κ1) is 13.6. The third kappa shape index (κ3) is 3.33. The van der Waals surface area contributed by atoms with E-state index in [9.17, 15) is 4.79 Å². The Morgan fingerprint density at radius 1 is 1.39 bits per heavy atom. The van der Waals surface area contributed by atoms with Crippen molar-refractivity contribution in [3.8, 4) is 0 Å². The third-order valence-corrected chi connectivity index (χ3v) is 4.03. The number of hydrogen-bond donors (Lipinski definition) is 1. The van der Waals surface area contributed by atoms with Crippen molar-refractivity contribution in [2.75, 3.05) is 39.9 Å². The highest BCUT2D eigenvalue weighted by Gasteiger charge is 2.32. The Kier molecular flexibility index (Phi) is 5.20. The Labute approximate surface area is 109 Å². The first-order chi connectivity index (χ1) is 8.83. The number of hydrogen-bond acceptors (Lipinski definition) is 3. The van der Waals surface area contributed by atoms with Crippen molar-refractivity contribution in [2.45, 2.75) is 19.3 Å². The van der Waals surface area contributed by atoms with E-state index < -0.39 is 0 Å². The topological polar surface area (TPSA) is 41.6 Å². The van der Waals surface area contributed by atoms with Crippen LogP contribution in [0.1, 0.15) is 19.3 Å². The number of piperidine rings is 1. The highest BCUT2D eigenvalue weighted by molar-refractivity contribution is 5.80. The van der Waals surface area contributed by atoms with Crippen molar-refractivity contribution in [3.63, 3.8) is 0 Å². The summed E-state index contributed by atoms with van der Waals surface area (Å²) in [5.74, 6) is 1.05. The van der Waals surface area contributed by atoms with Gasteiger partial charge in [-0.2, -0.15) is 0 Å². The van der Waals surface area contributed by atoms with E-state index >= 15 is 0 Å². The summed E-state index contributed by atoms with van der Waals surface area (Å²) >= 11 is 0. The van der Waals surface area contributed by atoms with Gasteiger partial charge in [0.25, 0.3) is 0 Å². The second-order valence-corrected chi connectivity index (χ2v) is 5.18. The lowest BCUT2D eigenvalue weighted by atomic mass is 9.82. The maximum Gasteiger partial charge on any atom is 0.226 e. The SMILES string of the molecule is COCCN1CC=CCC(C2CCNCC2)C1=O. The number of allylic oxidation sites excluding steroid dienone is 1. The van der Waals surface area contributed by atoms with Crippen LogP contribution in [0.25, 0.3) is 0 Å². The van der Waals surface area contributed by atoms with Gasteiger partial charge in [-0.25, -0.2) is 0 Å². The summed E-state index contributed by atoms with van der Waals surface area (Å²) in [7, 11) is 1.68. The molecule has 4 nitrogen and oxygen atoms in total. The van der Waals surface area contributed by atoms with Crippen LogP contribution >= 0.6 is 0 Å². The number of carbonyl (C=O) groups is 1. The second kappa shape index (κ2) is 6.90. The van der Waals surface area contributed by atoms with Crippen LogP contribution in [0, 0.1) is 11.8 Å². The second-order valence-electron chi connectivity index (χ2n) is 5.18. The van der Waals surface area contributed by atoms with E-state index in [1.54, 1.807) is 7.11 Å². The molecule has 2 heterocycles. The molecule has 0 saturated carbocycles. The van der Waals surface area contributed by atoms with E-state index in [1.807, 2.05) is 4.90 Å². The minimum atomic E-state index is 0.183. The van der Waals surface area contributed by atoms with Gasteiger partial charge in [0, 0.05) is 26.1 Å². The van der Waals surface area contributed by atoms with Crippen LogP contribution in [-0.4, -0.2) is 50.7 Å². The Bertz CT molecular complexity index is 298. The van der Waals surface area contributed by atoms with Crippen molar-refractivity contribution < 1.29 is 9.53 Å². The van der Waals surface area contributed by atoms with Gasteiger partial charge in [0.2, 0.25) is 5.91 Å². The van der Waals surface area contributed by atoms with Crippen molar-refractivity contribution in [1.29, 1.82) is 0 Å². The zero-order valence-electron chi connectivity index (χ0n) is 11.2. The van der Waals surface area contributed by atoms with Crippen LogP contribution in [-0.2, 0) is 9.53 Å². The number of ether oxygens (including phenoxy) is 1. The smallest absolute Gasteiger partial charge is 0.226 e. The molecule has 1 atom stereocenters. The average Bonchev–Trinajstić information content (AvgIpc) is 2.60. The molecule has 0 spiro atoms. The number of nitrogens with one attached hydrogen (secondary N) is 1. The summed E-state index contributed by atoms with van der Waals surface area (Å²) in [4.78, 5) is 14.5. The molecule has 0 aromatic rings. The lowest BCUT2D eigenvalue weighted by Crippen LogP contribution is -2.42. The summed E-state index contributed by atoms with van der Waals surface area (Å²) < 4.78 is 5.09. The zero-order chi connectivity index (χ0) is 12.8. The molecule has 0 aromatic heterocycles. The van der Waals surface area contributed by atoms with Gasteiger partial charge in [0.15, 0.2) is 0 Å². The van der Waals surface area contributed by atoms with E-state index in [0.717, 1.165) is 38.9 Å². The Morgan fingerprint density at radius 2 is 2.17 bits per heavy atom. The van der Waals surface area contributed by atoms with Crippen molar-refractivity contribution in [1.82, 2.24) is 10.2 Å². The van der Waals surface area contributed by atoms with Crippen molar-refractivity contribution in [3.05, 3.63) is 12.2 Å². The lowest BCUT2D eigenvalue weighted by Gasteiger charge is -2.32. The fourth-order valence-electron chi connectivity index (χ4n) is 2.91. The molecule has 1 N–H and O–H groups in total. The maximum atomic E-state index is 12.6. The zero-order valence-corrected chi connectivity index (χ0v) is 11.2. The molecule has 4 heteroatoms. The molecular formula is C14H24N2O2. The van der Waals surface area contributed by atoms with E-state index in [4.69, 9.17) is 4.74 Å². The largest absolute Gasteiger partial charge is 0.383 e. The summed E-state index contributed by atoms with van der Waals surface area (Å²) in [5.41, 5.74) is 0. The normalized spacial score (nSPS) is 26.4. The molecule has 0 aliphatic carbocycles.